The van der Waals surface area contributed by atoms with Crippen LogP contribution in [0.5, 0.6) is 0 Å². The van der Waals surface area contributed by atoms with Gasteiger partial charge in [-0.25, -0.2) is 15.0 Å². The lowest BCUT2D eigenvalue weighted by molar-refractivity contribution is -0.0288. The number of aliphatic hydroxyl groups is 3. The van der Waals surface area contributed by atoms with Crippen LogP contribution in [-0.4, -0.2) is 59.8 Å². The van der Waals surface area contributed by atoms with Crippen LogP contribution in [0.3, 0.4) is 0 Å². The van der Waals surface area contributed by atoms with Crippen molar-refractivity contribution in [1.82, 2.24) is 19.5 Å². The van der Waals surface area contributed by atoms with E-state index in [0.717, 1.165) is 5.56 Å². The molecule has 9 nitrogen and oxygen atoms in total. The van der Waals surface area contributed by atoms with Crippen molar-refractivity contribution in [2.75, 3.05) is 12.3 Å². The molecule has 1 aromatic carbocycles. The summed E-state index contributed by atoms with van der Waals surface area (Å²) in [5.41, 5.74) is 7.56. The summed E-state index contributed by atoms with van der Waals surface area (Å²) in [7, 11) is 0. The summed E-state index contributed by atoms with van der Waals surface area (Å²) in [6, 6.07) is 8.79. The van der Waals surface area contributed by atoms with E-state index >= 15 is 0 Å². The first-order valence-corrected chi connectivity index (χ1v) is 8.67. The van der Waals surface area contributed by atoms with Crippen molar-refractivity contribution >= 4 is 17.0 Å². The number of anilines is 1. The van der Waals surface area contributed by atoms with E-state index in [-0.39, 0.29) is 12.4 Å². The number of benzene rings is 1. The third-order valence-electron chi connectivity index (χ3n) is 5.06. The summed E-state index contributed by atoms with van der Waals surface area (Å²) >= 11 is 0. The molecule has 0 saturated heterocycles. The van der Waals surface area contributed by atoms with Crippen LogP contribution >= 0.6 is 0 Å². The summed E-state index contributed by atoms with van der Waals surface area (Å²) < 4.78 is 7.19. The standard InChI is InChI=1S/C18H21N5O4/c19-17-12-18(21-8-20-17)23(9-22-12)13-14(24)11(15(25)16(13)26)7-27-6-10-4-2-1-3-5-10/h1-5,8-9,11,13-16,24-26H,6-7H2,(H2,19,20,21)/t11-,13+,14-,15+,16-/m0/s1. The largest absolute Gasteiger partial charge is 0.390 e. The molecule has 1 aliphatic rings. The number of rotatable bonds is 5. The molecule has 0 aliphatic heterocycles. The molecule has 0 radical (unpaired) electrons. The second-order valence-corrected chi connectivity index (χ2v) is 6.71. The van der Waals surface area contributed by atoms with Gasteiger partial charge in [0.1, 0.15) is 17.9 Å². The van der Waals surface area contributed by atoms with E-state index in [4.69, 9.17) is 10.5 Å². The van der Waals surface area contributed by atoms with Crippen molar-refractivity contribution in [2.45, 2.75) is 31.0 Å². The molecule has 0 spiro atoms. The molecule has 2 aromatic heterocycles. The first-order valence-electron chi connectivity index (χ1n) is 8.67. The Morgan fingerprint density at radius 3 is 2.56 bits per heavy atom. The lowest BCUT2D eigenvalue weighted by Gasteiger charge is -2.21. The molecule has 27 heavy (non-hydrogen) atoms. The van der Waals surface area contributed by atoms with Gasteiger partial charge in [0, 0.05) is 5.92 Å². The molecular formula is C18H21N5O4. The molecule has 0 bridgehead atoms. The Morgan fingerprint density at radius 1 is 1.00 bits per heavy atom. The fraction of sp³-hybridized carbons (Fsp3) is 0.389. The van der Waals surface area contributed by atoms with Crippen molar-refractivity contribution in [3.05, 3.63) is 48.5 Å². The highest BCUT2D eigenvalue weighted by atomic mass is 16.5. The number of nitrogens with zero attached hydrogens (tertiary/aromatic N) is 4. The molecule has 1 fully saturated rings. The van der Waals surface area contributed by atoms with Gasteiger partial charge in [0.2, 0.25) is 0 Å². The number of aromatic nitrogens is 4. The van der Waals surface area contributed by atoms with Gasteiger partial charge in [-0.15, -0.1) is 0 Å². The molecule has 2 heterocycles. The SMILES string of the molecule is Nc1ncnc2c1ncn2[C@H]1[C@H](O)[C@H](O)[C@@H](COCc2ccccc2)[C@@H]1O. The number of ether oxygens (including phenoxy) is 1. The number of fused-ring (bicyclic) bond motifs is 1. The molecule has 142 valence electrons. The minimum Gasteiger partial charge on any atom is -0.390 e. The number of nitrogens with two attached hydrogens (primary N) is 1. The van der Waals surface area contributed by atoms with E-state index in [1.165, 1.54) is 17.2 Å². The molecular weight excluding hydrogens is 350 g/mol. The predicted octanol–water partition coefficient (Wildman–Crippen LogP) is -0.121. The first-order chi connectivity index (χ1) is 13.1. The van der Waals surface area contributed by atoms with E-state index in [2.05, 4.69) is 15.0 Å². The van der Waals surface area contributed by atoms with Crippen LogP contribution in [0.1, 0.15) is 11.6 Å². The highest BCUT2D eigenvalue weighted by Gasteiger charge is 2.50. The Kier molecular flexibility index (Phi) is 4.75. The van der Waals surface area contributed by atoms with Crippen LogP contribution in [0.4, 0.5) is 5.82 Å². The molecule has 3 aromatic rings. The summed E-state index contributed by atoms with van der Waals surface area (Å²) in [4.78, 5) is 12.2. The summed E-state index contributed by atoms with van der Waals surface area (Å²) in [5.74, 6) is -0.436. The Labute approximate surface area is 155 Å². The van der Waals surface area contributed by atoms with Crippen molar-refractivity contribution < 1.29 is 20.1 Å². The van der Waals surface area contributed by atoms with E-state index in [1.54, 1.807) is 0 Å². The zero-order valence-corrected chi connectivity index (χ0v) is 14.5. The fourth-order valence-electron chi connectivity index (χ4n) is 3.61. The van der Waals surface area contributed by atoms with Crippen LogP contribution < -0.4 is 5.73 Å². The number of hydrogen-bond donors (Lipinski definition) is 4. The smallest absolute Gasteiger partial charge is 0.165 e. The van der Waals surface area contributed by atoms with Crippen LogP contribution in [0.15, 0.2) is 43.0 Å². The van der Waals surface area contributed by atoms with Crippen molar-refractivity contribution in [3.63, 3.8) is 0 Å². The van der Waals surface area contributed by atoms with Gasteiger partial charge >= 0.3 is 0 Å². The summed E-state index contributed by atoms with van der Waals surface area (Å²) in [6.45, 7) is 0.462. The van der Waals surface area contributed by atoms with E-state index in [1.807, 2.05) is 30.3 Å². The molecule has 0 unspecified atom stereocenters. The summed E-state index contributed by atoms with van der Waals surface area (Å²) in [5, 5.41) is 31.7. The van der Waals surface area contributed by atoms with Gasteiger partial charge in [-0.3, -0.25) is 0 Å². The normalized spacial score (nSPS) is 28.0. The zero-order chi connectivity index (χ0) is 19.0. The number of nitrogen functional groups attached to an aromatic ring is 1. The van der Waals surface area contributed by atoms with Gasteiger partial charge in [-0.1, -0.05) is 30.3 Å². The second kappa shape index (κ2) is 7.20. The number of aliphatic hydroxyl groups excluding tert-OH is 3. The summed E-state index contributed by atoms with van der Waals surface area (Å²) in [6.07, 6.45) is -0.650. The molecule has 0 amide bonds. The number of imidazole rings is 1. The molecule has 1 saturated carbocycles. The van der Waals surface area contributed by atoms with Gasteiger partial charge in [0.15, 0.2) is 11.5 Å². The van der Waals surface area contributed by atoms with Crippen molar-refractivity contribution in [1.29, 1.82) is 0 Å². The minimum absolute atomic E-state index is 0.106. The van der Waals surface area contributed by atoms with E-state index in [9.17, 15) is 15.3 Å². The molecule has 5 atom stereocenters. The maximum absolute atomic E-state index is 10.8. The Balaban J connectivity index is 1.52. The average Bonchev–Trinajstić information content (AvgIpc) is 3.18. The predicted molar refractivity (Wildman–Crippen MR) is 96.4 cm³/mol. The van der Waals surface area contributed by atoms with Crippen LogP contribution in [0.25, 0.3) is 11.2 Å². The van der Waals surface area contributed by atoms with Gasteiger partial charge in [-0.2, -0.15) is 0 Å². The maximum atomic E-state index is 10.8. The third kappa shape index (κ3) is 3.15. The Morgan fingerprint density at radius 2 is 1.78 bits per heavy atom. The Bertz CT molecular complexity index is 919. The van der Waals surface area contributed by atoms with E-state index in [0.29, 0.717) is 17.8 Å². The van der Waals surface area contributed by atoms with Crippen molar-refractivity contribution in [2.24, 2.45) is 5.92 Å². The van der Waals surface area contributed by atoms with E-state index < -0.39 is 30.3 Å². The average molecular weight is 371 g/mol. The van der Waals surface area contributed by atoms with Gasteiger partial charge in [0.05, 0.1) is 37.8 Å². The molecule has 9 heteroatoms. The third-order valence-corrected chi connectivity index (χ3v) is 5.06. The molecule has 1 aliphatic carbocycles. The lowest BCUT2D eigenvalue weighted by atomic mass is 10.0. The van der Waals surface area contributed by atoms with Crippen LogP contribution in [0, 0.1) is 5.92 Å². The quantitative estimate of drug-likeness (QED) is 0.487. The lowest BCUT2D eigenvalue weighted by Crippen LogP contribution is -2.31. The van der Waals surface area contributed by atoms with Crippen LogP contribution in [-0.2, 0) is 11.3 Å². The maximum Gasteiger partial charge on any atom is 0.165 e. The number of hydrogen-bond acceptors (Lipinski definition) is 8. The van der Waals surface area contributed by atoms with Crippen molar-refractivity contribution in [3.8, 4) is 0 Å². The highest BCUT2D eigenvalue weighted by Crippen LogP contribution is 2.37. The van der Waals surface area contributed by atoms with Gasteiger partial charge < -0.3 is 30.4 Å². The Hall–Kier alpha value is -2.59. The van der Waals surface area contributed by atoms with Crippen LogP contribution in [0.2, 0.25) is 0 Å². The topological polar surface area (TPSA) is 140 Å². The molecule has 4 rings (SSSR count). The van der Waals surface area contributed by atoms with Gasteiger partial charge in [0.25, 0.3) is 0 Å². The zero-order valence-electron chi connectivity index (χ0n) is 14.5. The first kappa shape index (κ1) is 17.8. The minimum atomic E-state index is -1.20. The second-order valence-electron chi connectivity index (χ2n) is 6.71. The highest BCUT2D eigenvalue weighted by molar-refractivity contribution is 5.81. The van der Waals surface area contributed by atoms with Gasteiger partial charge in [-0.05, 0) is 5.56 Å². The molecule has 5 N–H and O–H groups in total. The fourth-order valence-corrected chi connectivity index (χ4v) is 3.61. The monoisotopic (exact) mass is 371 g/mol.